The van der Waals surface area contributed by atoms with Crippen molar-refractivity contribution in [2.24, 2.45) is 0 Å². The molecule has 15 heavy (non-hydrogen) atoms. The van der Waals surface area contributed by atoms with E-state index in [2.05, 4.69) is 20.6 Å². The van der Waals surface area contributed by atoms with Gasteiger partial charge in [0, 0.05) is 0 Å². The molecule has 82 valence electrons. The normalized spacial score (nSPS) is 22.8. The summed E-state index contributed by atoms with van der Waals surface area (Å²) in [5, 5.41) is 22.5. The average molecular weight is 211 g/mol. The molecule has 0 aromatic carbocycles. The summed E-state index contributed by atoms with van der Waals surface area (Å²) in [5.41, 5.74) is 0. The van der Waals surface area contributed by atoms with Gasteiger partial charge in [0.2, 0.25) is 0 Å². The van der Waals surface area contributed by atoms with Gasteiger partial charge in [0.15, 0.2) is 5.82 Å². The number of aliphatic carboxylic acids is 1. The van der Waals surface area contributed by atoms with Crippen LogP contribution < -0.4 is 0 Å². The van der Waals surface area contributed by atoms with Crippen LogP contribution in [0.5, 0.6) is 0 Å². The number of rotatable bonds is 3. The molecule has 2 N–H and O–H groups in total. The van der Waals surface area contributed by atoms with E-state index >= 15 is 0 Å². The SMILES string of the molecule is O=C(O)C1CCCCN1Cc1nn[nH]n1. The largest absolute Gasteiger partial charge is 0.480 e. The lowest BCUT2D eigenvalue weighted by atomic mass is 10.0. The molecule has 0 saturated carbocycles. The van der Waals surface area contributed by atoms with Crippen molar-refractivity contribution >= 4 is 5.97 Å². The van der Waals surface area contributed by atoms with E-state index in [1.807, 2.05) is 4.90 Å². The Hall–Kier alpha value is -1.50. The Morgan fingerprint density at radius 1 is 1.60 bits per heavy atom. The van der Waals surface area contributed by atoms with Crippen LogP contribution in [0.1, 0.15) is 25.1 Å². The van der Waals surface area contributed by atoms with Crippen molar-refractivity contribution in [3.8, 4) is 0 Å². The molecule has 7 nitrogen and oxygen atoms in total. The number of aromatic amines is 1. The number of tetrazole rings is 1. The molecule has 0 amide bonds. The fourth-order valence-corrected chi connectivity index (χ4v) is 1.89. The van der Waals surface area contributed by atoms with Crippen LogP contribution in [-0.4, -0.2) is 49.2 Å². The summed E-state index contributed by atoms with van der Waals surface area (Å²) in [6.45, 7) is 1.24. The second-order valence-electron chi connectivity index (χ2n) is 3.65. The number of nitrogens with one attached hydrogen (secondary N) is 1. The minimum Gasteiger partial charge on any atom is -0.480 e. The highest BCUT2D eigenvalue weighted by Gasteiger charge is 2.28. The third-order valence-corrected chi connectivity index (χ3v) is 2.63. The van der Waals surface area contributed by atoms with Gasteiger partial charge in [-0.2, -0.15) is 5.21 Å². The Kier molecular flexibility index (Phi) is 2.91. The van der Waals surface area contributed by atoms with Crippen LogP contribution >= 0.6 is 0 Å². The van der Waals surface area contributed by atoms with Crippen molar-refractivity contribution in [3.05, 3.63) is 5.82 Å². The summed E-state index contributed by atoms with van der Waals surface area (Å²) in [4.78, 5) is 12.9. The van der Waals surface area contributed by atoms with Gasteiger partial charge in [-0.3, -0.25) is 9.69 Å². The van der Waals surface area contributed by atoms with E-state index in [1.54, 1.807) is 0 Å². The summed E-state index contributed by atoms with van der Waals surface area (Å²) < 4.78 is 0. The molecule has 1 aromatic heterocycles. The molecule has 2 heterocycles. The predicted octanol–water partition coefficient (Wildman–Crippen LogP) is -0.361. The lowest BCUT2D eigenvalue weighted by Crippen LogP contribution is -2.44. The quantitative estimate of drug-likeness (QED) is 0.708. The first-order valence-corrected chi connectivity index (χ1v) is 4.96. The summed E-state index contributed by atoms with van der Waals surface area (Å²) in [5.74, 6) is -0.221. The van der Waals surface area contributed by atoms with Crippen LogP contribution in [0.25, 0.3) is 0 Å². The van der Waals surface area contributed by atoms with Gasteiger partial charge in [0.1, 0.15) is 6.04 Å². The Labute approximate surface area is 86.5 Å². The van der Waals surface area contributed by atoms with Gasteiger partial charge in [-0.15, -0.1) is 10.2 Å². The maximum atomic E-state index is 11.0. The molecule has 1 aromatic rings. The van der Waals surface area contributed by atoms with Gasteiger partial charge >= 0.3 is 5.97 Å². The monoisotopic (exact) mass is 211 g/mol. The summed E-state index contributed by atoms with van der Waals surface area (Å²) >= 11 is 0. The van der Waals surface area contributed by atoms with Gasteiger partial charge < -0.3 is 5.11 Å². The lowest BCUT2D eigenvalue weighted by Gasteiger charge is -2.31. The van der Waals surface area contributed by atoms with E-state index in [1.165, 1.54) is 0 Å². The Bertz CT molecular complexity index is 326. The number of hydrogen-bond donors (Lipinski definition) is 2. The highest BCUT2D eigenvalue weighted by molar-refractivity contribution is 5.73. The third-order valence-electron chi connectivity index (χ3n) is 2.63. The molecular formula is C8H13N5O2. The van der Waals surface area contributed by atoms with Crippen LogP contribution in [-0.2, 0) is 11.3 Å². The molecular weight excluding hydrogens is 198 g/mol. The zero-order chi connectivity index (χ0) is 10.7. The zero-order valence-electron chi connectivity index (χ0n) is 8.26. The molecule has 7 heteroatoms. The van der Waals surface area contributed by atoms with Crippen LogP contribution in [0, 0.1) is 0 Å². The molecule has 0 radical (unpaired) electrons. The minimum absolute atomic E-state index is 0.405. The molecule has 1 aliphatic heterocycles. The molecule has 1 atom stereocenters. The Morgan fingerprint density at radius 3 is 3.13 bits per heavy atom. The lowest BCUT2D eigenvalue weighted by molar-refractivity contribution is -0.144. The molecule has 2 rings (SSSR count). The summed E-state index contributed by atoms with van der Waals surface area (Å²) in [6, 6.07) is -0.405. The maximum absolute atomic E-state index is 11.0. The zero-order valence-corrected chi connectivity index (χ0v) is 8.26. The third kappa shape index (κ3) is 2.30. The Morgan fingerprint density at radius 2 is 2.47 bits per heavy atom. The fraction of sp³-hybridized carbons (Fsp3) is 0.750. The van der Waals surface area contributed by atoms with Gasteiger partial charge in [0.05, 0.1) is 6.54 Å². The van der Waals surface area contributed by atoms with Crippen LogP contribution in [0.2, 0.25) is 0 Å². The van der Waals surface area contributed by atoms with E-state index in [0.29, 0.717) is 18.8 Å². The number of carboxylic acids is 1. The number of H-pyrrole nitrogens is 1. The first-order chi connectivity index (χ1) is 7.27. The van der Waals surface area contributed by atoms with E-state index < -0.39 is 12.0 Å². The van der Waals surface area contributed by atoms with E-state index in [4.69, 9.17) is 5.11 Å². The second-order valence-corrected chi connectivity index (χ2v) is 3.65. The van der Waals surface area contributed by atoms with E-state index in [9.17, 15) is 4.79 Å². The van der Waals surface area contributed by atoms with Crippen molar-refractivity contribution < 1.29 is 9.90 Å². The highest BCUT2D eigenvalue weighted by atomic mass is 16.4. The molecule has 1 aliphatic rings. The van der Waals surface area contributed by atoms with Gasteiger partial charge in [-0.05, 0) is 19.4 Å². The van der Waals surface area contributed by atoms with Crippen molar-refractivity contribution in [2.45, 2.75) is 31.8 Å². The number of nitrogens with zero attached hydrogens (tertiary/aromatic N) is 4. The van der Waals surface area contributed by atoms with Crippen molar-refractivity contribution in [2.75, 3.05) is 6.54 Å². The number of carboxylic acid groups (broad SMARTS) is 1. The number of aromatic nitrogens is 4. The average Bonchev–Trinajstić information content (AvgIpc) is 2.71. The fourth-order valence-electron chi connectivity index (χ4n) is 1.89. The molecule has 0 aliphatic carbocycles. The van der Waals surface area contributed by atoms with E-state index in [-0.39, 0.29) is 0 Å². The molecule has 1 unspecified atom stereocenters. The second kappa shape index (κ2) is 4.35. The predicted molar refractivity (Wildman–Crippen MR) is 49.9 cm³/mol. The number of hydrogen-bond acceptors (Lipinski definition) is 5. The number of likely N-dealkylation sites (tertiary alicyclic amines) is 1. The first kappa shape index (κ1) is 10.0. The van der Waals surface area contributed by atoms with Crippen molar-refractivity contribution in [1.29, 1.82) is 0 Å². The van der Waals surface area contributed by atoms with E-state index in [0.717, 1.165) is 19.4 Å². The summed E-state index contributed by atoms with van der Waals surface area (Å²) in [7, 11) is 0. The molecule has 0 bridgehead atoms. The van der Waals surface area contributed by atoms with Crippen molar-refractivity contribution in [1.82, 2.24) is 25.5 Å². The highest BCUT2D eigenvalue weighted by Crippen LogP contribution is 2.18. The first-order valence-electron chi connectivity index (χ1n) is 4.96. The van der Waals surface area contributed by atoms with Crippen LogP contribution in [0.3, 0.4) is 0 Å². The standard InChI is InChI=1S/C8H13N5O2/c14-8(15)6-3-1-2-4-13(6)5-7-9-11-12-10-7/h6H,1-5H2,(H,14,15)(H,9,10,11,12). The van der Waals surface area contributed by atoms with Crippen LogP contribution in [0.15, 0.2) is 0 Å². The van der Waals surface area contributed by atoms with Gasteiger partial charge in [0.25, 0.3) is 0 Å². The molecule has 1 saturated heterocycles. The van der Waals surface area contributed by atoms with Crippen molar-refractivity contribution in [3.63, 3.8) is 0 Å². The van der Waals surface area contributed by atoms with Crippen LogP contribution in [0.4, 0.5) is 0 Å². The smallest absolute Gasteiger partial charge is 0.320 e. The Balaban J connectivity index is 2.02. The molecule has 1 fully saturated rings. The minimum atomic E-state index is -0.766. The summed E-state index contributed by atoms with van der Waals surface area (Å²) in [6.07, 6.45) is 2.70. The topological polar surface area (TPSA) is 95.0 Å². The van der Waals surface area contributed by atoms with Gasteiger partial charge in [-0.1, -0.05) is 11.6 Å². The van der Waals surface area contributed by atoms with Gasteiger partial charge in [-0.25, -0.2) is 0 Å². The maximum Gasteiger partial charge on any atom is 0.320 e. The number of piperidine rings is 1. The number of carbonyl (C=O) groups is 1. The molecule has 0 spiro atoms.